The maximum absolute atomic E-state index is 6.13. The van der Waals surface area contributed by atoms with Crippen LogP contribution in [0, 0.1) is 6.92 Å². The second-order valence-electron chi connectivity index (χ2n) is 5.45. The van der Waals surface area contributed by atoms with E-state index in [1.165, 1.54) is 5.56 Å². The molecule has 0 atom stereocenters. The standard InChI is InChI=1S/C14H18ClNO/c1-8-5-9(15)6-10-12(14(2,3)4)11(7-16)17-13(8)10/h5-6H,7,16H2,1-4H3. The van der Waals surface area contributed by atoms with Crippen LogP contribution in [0.4, 0.5) is 0 Å². The van der Waals surface area contributed by atoms with Gasteiger partial charge in [0.1, 0.15) is 11.3 Å². The highest BCUT2D eigenvalue weighted by atomic mass is 35.5. The Hall–Kier alpha value is -0.990. The Morgan fingerprint density at radius 1 is 1.29 bits per heavy atom. The summed E-state index contributed by atoms with van der Waals surface area (Å²) >= 11 is 6.13. The Morgan fingerprint density at radius 2 is 1.94 bits per heavy atom. The topological polar surface area (TPSA) is 39.2 Å². The quantitative estimate of drug-likeness (QED) is 0.827. The van der Waals surface area contributed by atoms with Gasteiger partial charge in [0.2, 0.25) is 0 Å². The van der Waals surface area contributed by atoms with Crippen LogP contribution in [0.15, 0.2) is 16.5 Å². The van der Waals surface area contributed by atoms with E-state index in [0.29, 0.717) is 6.54 Å². The molecule has 0 aliphatic carbocycles. The molecule has 0 fully saturated rings. The summed E-state index contributed by atoms with van der Waals surface area (Å²) in [4.78, 5) is 0. The molecule has 2 N–H and O–H groups in total. The molecule has 92 valence electrons. The van der Waals surface area contributed by atoms with E-state index in [9.17, 15) is 0 Å². The Balaban J connectivity index is 2.88. The summed E-state index contributed by atoms with van der Waals surface area (Å²) in [7, 11) is 0. The highest BCUT2D eigenvalue weighted by Crippen LogP contribution is 2.38. The van der Waals surface area contributed by atoms with Crippen LogP contribution in [0.2, 0.25) is 5.02 Å². The average Bonchev–Trinajstić information content (AvgIpc) is 2.55. The summed E-state index contributed by atoms with van der Waals surface area (Å²) in [5.74, 6) is 0.859. The average molecular weight is 252 g/mol. The maximum Gasteiger partial charge on any atom is 0.137 e. The molecule has 17 heavy (non-hydrogen) atoms. The summed E-state index contributed by atoms with van der Waals surface area (Å²) < 4.78 is 5.88. The minimum Gasteiger partial charge on any atom is -0.459 e. The molecule has 1 heterocycles. The molecule has 0 aliphatic rings. The molecule has 0 unspecified atom stereocenters. The van der Waals surface area contributed by atoms with Gasteiger partial charge in [0.15, 0.2) is 0 Å². The number of rotatable bonds is 1. The van der Waals surface area contributed by atoms with Crippen LogP contribution in [0.3, 0.4) is 0 Å². The molecular formula is C14H18ClNO. The molecule has 1 aromatic heterocycles. The summed E-state index contributed by atoms with van der Waals surface area (Å²) in [5, 5.41) is 1.83. The van der Waals surface area contributed by atoms with Crippen molar-refractivity contribution < 1.29 is 4.42 Å². The second-order valence-corrected chi connectivity index (χ2v) is 5.89. The Bertz CT molecular complexity index is 564. The smallest absolute Gasteiger partial charge is 0.137 e. The van der Waals surface area contributed by atoms with Gasteiger partial charge >= 0.3 is 0 Å². The van der Waals surface area contributed by atoms with Gasteiger partial charge in [-0.3, -0.25) is 0 Å². The zero-order valence-corrected chi connectivity index (χ0v) is 11.5. The van der Waals surface area contributed by atoms with E-state index in [-0.39, 0.29) is 5.41 Å². The molecule has 0 aliphatic heterocycles. The van der Waals surface area contributed by atoms with Gasteiger partial charge in [-0.2, -0.15) is 0 Å². The lowest BCUT2D eigenvalue weighted by Gasteiger charge is -2.18. The third-order valence-corrected chi connectivity index (χ3v) is 3.17. The van der Waals surface area contributed by atoms with Crippen LogP contribution in [0.25, 0.3) is 11.0 Å². The van der Waals surface area contributed by atoms with Crippen LogP contribution in [0.1, 0.15) is 37.7 Å². The maximum atomic E-state index is 6.13. The second kappa shape index (κ2) is 4.04. The first-order valence-electron chi connectivity index (χ1n) is 5.76. The molecule has 0 bridgehead atoms. The monoisotopic (exact) mass is 251 g/mol. The third kappa shape index (κ3) is 2.07. The third-order valence-electron chi connectivity index (χ3n) is 2.95. The van der Waals surface area contributed by atoms with Gasteiger partial charge in [-0.15, -0.1) is 0 Å². The Kier molecular flexibility index (Phi) is 2.96. The molecule has 0 saturated heterocycles. The van der Waals surface area contributed by atoms with Crippen molar-refractivity contribution in [2.24, 2.45) is 5.73 Å². The molecule has 0 spiro atoms. The molecule has 2 rings (SSSR count). The van der Waals surface area contributed by atoms with Crippen molar-refractivity contribution in [3.63, 3.8) is 0 Å². The molecule has 0 radical (unpaired) electrons. The van der Waals surface area contributed by atoms with Crippen LogP contribution < -0.4 is 5.73 Å². The number of hydrogen-bond donors (Lipinski definition) is 1. The lowest BCUT2D eigenvalue weighted by atomic mass is 9.84. The zero-order chi connectivity index (χ0) is 12.8. The molecule has 0 saturated carbocycles. The van der Waals surface area contributed by atoms with Gasteiger partial charge in [-0.25, -0.2) is 0 Å². The summed E-state index contributed by atoms with van der Waals surface area (Å²) in [5.41, 5.74) is 8.89. The number of aryl methyl sites for hydroxylation is 1. The van der Waals surface area contributed by atoms with E-state index >= 15 is 0 Å². The van der Waals surface area contributed by atoms with Crippen molar-refractivity contribution in [1.29, 1.82) is 0 Å². The lowest BCUT2D eigenvalue weighted by Crippen LogP contribution is -2.14. The number of furan rings is 1. The predicted octanol–water partition coefficient (Wildman–Crippen LogP) is 4.15. The first-order chi connectivity index (χ1) is 7.84. The molecule has 2 aromatic rings. The molecule has 0 amide bonds. The van der Waals surface area contributed by atoms with Gasteiger partial charge in [-0.1, -0.05) is 32.4 Å². The van der Waals surface area contributed by atoms with Gasteiger partial charge in [0.05, 0.1) is 6.54 Å². The SMILES string of the molecule is Cc1cc(Cl)cc2c(C(C)(C)C)c(CN)oc12. The predicted molar refractivity (Wildman–Crippen MR) is 72.6 cm³/mol. The van der Waals surface area contributed by atoms with E-state index in [0.717, 1.165) is 27.3 Å². The number of nitrogens with two attached hydrogens (primary N) is 1. The number of halogens is 1. The fraction of sp³-hybridized carbons (Fsp3) is 0.429. The van der Waals surface area contributed by atoms with Crippen molar-refractivity contribution in [1.82, 2.24) is 0 Å². The minimum absolute atomic E-state index is 0.00290. The van der Waals surface area contributed by atoms with Crippen LogP contribution >= 0.6 is 11.6 Å². The summed E-state index contributed by atoms with van der Waals surface area (Å²) in [6.45, 7) is 8.90. The van der Waals surface area contributed by atoms with Crippen LogP contribution in [-0.2, 0) is 12.0 Å². The first-order valence-corrected chi connectivity index (χ1v) is 6.14. The lowest BCUT2D eigenvalue weighted by molar-refractivity contribution is 0.510. The first kappa shape index (κ1) is 12.5. The van der Waals surface area contributed by atoms with Crippen LogP contribution in [0.5, 0.6) is 0 Å². The minimum atomic E-state index is -0.00290. The van der Waals surface area contributed by atoms with E-state index in [2.05, 4.69) is 20.8 Å². The van der Waals surface area contributed by atoms with Gasteiger partial charge in [-0.05, 0) is 30.0 Å². The van der Waals surface area contributed by atoms with E-state index in [1.54, 1.807) is 0 Å². The van der Waals surface area contributed by atoms with Crippen molar-refractivity contribution >= 4 is 22.6 Å². The van der Waals surface area contributed by atoms with E-state index < -0.39 is 0 Å². The molecular weight excluding hydrogens is 234 g/mol. The largest absolute Gasteiger partial charge is 0.459 e. The van der Waals surface area contributed by atoms with Crippen LogP contribution in [-0.4, -0.2) is 0 Å². The van der Waals surface area contributed by atoms with Gasteiger partial charge in [0, 0.05) is 16.0 Å². The van der Waals surface area contributed by atoms with Crippen molar-refractivity contribution in [2.45, 2.75) is 39.7 Å². The zero-order valence-electron chi connectivity index (χ0n) is 10.7. The number of hydrogen-bond acceptors (Lipinski definition) is 2. The Labute approximate surface area is 107 Å². The number of benzene rings is 1. The normalized spacial score (nSPS) is 12.4. The van der Waals surface area contributed by atoms with E-state index in [4.69, 9.17) is 21.8 Å². The van der Waals surface area contributed by atoms with E-state index in [1.807, 2.05) is 19.1 Å². The molecule has 2 nitrogen and oxygen atoms in total. The Morgan fingerprint density at radius 3 is 2.47 bits per heavy atom. The summed E-state index contributed by atoms with van der Waals surface area (Å²) in [6.07, 6.45) is 0. The molecule has 3 heteroatoms. The van der Waals surface area contributed by atoms with Gasteiger partial charge in [0.25, 0.3) is 0 Å². The fourth-order valence-corrected chi connectivity index (χ4v) is 2.61. The van der Waals surface area contributed by atoms with Crippen molar-refractivity contribution in [2.75, 3.05) is 0 Å². The summed E-state index contributed by atoms with van der Waals surface area (Å²) in [6, 6.07) is 3.88. The fourth-order valence-electron chi connectivity index (χ4n) is 2.34. The van der Waals surface area contributed by atoms with Gasteiger partial charge < -0.3 is 10.2 Å². The van der Waals surface area contributed by atoms with Crippen molar-refractivity contribution in [3.8, 4) is 0 Å². The van der Waals surface area contributed by atoms with Crippen molar-refractivity contribution in [3.05, 3.63) is 34.0 Å². The highest BCUT2D eigenvalue weighted by Gasteiger charge is 2.25. The molecule has 1 aromatic carbocycles. The number of fused-ring (bicyclic) bond motifs is 1. The highest BCUT2D eigenvalue weighted by molar-refractivity contribution is 6.31.